The van der Waals surface area contributed by atoms with Crippen molar-refractivity contribution >= 4 is 11.6 Å². The molecule has 0 bridgehead atoms. The molecule has 0 radical (unpaired) electrons. The van der Waals surface area contributed by atoms with Crippen LogP contribution in [0.15, 0.2) is 12.4 Å². The third-order valence-electron chi connectivity index (χ3n) is 10.9. The van der Waals surface area contributed by atoms with Crippen molar-refractivity contribution in [3.05, 3.63) is 18.0 Å². The molecule has 5 rings (SSSR count). The number of carbonyl (C=O) groups excluding carboxylic acids is 2. The lowest BCUT2D eigenvalue weighted by Crippen LogP contribution is -2.55. The summed E-state index contributed by atoms with van der Waals surface area (Å²) in [6, 6.07) is 0. The van der Waals surface area contributed by atoms with Gasteiger partial charge < -0.3 is 5.11 Å². The van der Waals surface area contributed by atoms with E-state index >= 15 is 0 Å². The number of hydrogen-bond acceptors (Lipinski definition) is 4. The fraction of sp³-hybridized carbons (Fsp3) is 0.821. The minimum atomic E-state index is -0.487. The molecule has 5 heteroatoms. The molecule has 1 N–H and O–H groups in total. The summed E-state index contributed by atoms with van der Waals surface area (Å²) in [5.41, 5.74) is 0.569. The predicted octanol–water partition coefficient (Wildman–Crippen LogP) is 5.45. The smallest absolute Gasteiger partial charge is 0.165 e. The van der Waals surface area contributed by atoms with Gasteiger partial charge in [-0.05, 0) is 99.2 Å². The van der Waals surface area contributed by atoms with E-state index in [0.717, 1.165) is 43.9 Å². The molecule has 4 aliphatic rings. The molecule has 5 nitrogen and oxygen atoms in total. The van der Waals surface area contributed by atoms with Crippen LogP contribution < -0.4 is 0 Å². The molecule has 4 saturated carbocycles. The highest BCUT2D eigenvalue weighted by atomic mass is 16.3. The summed E-state index contributed by atoms with van der Waals surface area (Å²) < 4.78 is 1.67. The monoisotopic (exact) mass is 454 g/mol. The van der Waals surface area contributed by atoms with E-state index in [2.05, 4.69) is 18.9 Å². The molecule has 1 heterocycles. The molecular weight excluding hydrogens is 412 g/mol. The van der Waals surface area contributed by atoms with Crippen molar-refractivity contribution in [1.82, 2.24) is 9.78 Å². The van der Waals surface area contributed by atoms with Crippen molar-refractivity contribution in [3.8, 4) is 0 Å². The number of hydrogen-bond donors (Lipinski definition) is 1. The summed E-state index contributed by atoms with van der Waals surface area (Å²) in [5.74, 6) is 3.23. The zero-order chi connectivity index (χ0) is 23.6. The number of carbonyl (C=O) groups is 2. The molecule has 0 amide bonds. The van der Waals surface area contributed by atoms with E-state index in [1.165, 1.54) is 25.7 Å². The fourth-order valence-electron chi connectivity index (χ4n) is 9.03. The van der Waals surface area contributed by atoms with E-state index in [0.29, 0.717) is 35.0 Å². The first-order valence-corrected chi connectivity index (χ1v) is 13.4. The molecule has 33 heavy (non-hydrogen) atoms. The Morgan fingerprint density at radius 2 is 1.79 bits per heavy atom. The van der Waals surface area contributed by atoms with E-state index in [9.17, 15) is 14.7 Å². The second kappa shape index (κ2) is 8.03. The number of aromatic nitrogens is 2. The molecule has 0 unspecified atom stereocenters. The van der Waals surface area contributed by atoms with E-state index in [-0.39, 0.29) is 23.7 Å². The highest BCUT2D eigenvalue weighted by molar-refractivity contribution is 5.95. The van der Waals surface area contributed by atoms with Crippen molar-refractivity contribution < 1.29 is 14.7 Å². The Labute approximate surface area is 198 Å². The highest BCUT2D eigenvalue weighted by Gasteiger charge is 2.61. The molecule has 0 aromatic carbocycles. The maximum atomic E-state index is 13.5. The van der Waals surface area contributed by atoms with Crippen molar-refractivity contribution in [1.29, 1.82) is 0 Å². The van der Waals surface area contributed by atoms with Crippen LogP contribution in [-0.4, -0.2) is 32.1 Å². The van der Waals surface area contributed by atoms with Crippen LogP contribution in [0.1, 0.15) is 102 Å². The Balaban J connectivity index is 1.31. The molecule has 0 saturated heterocycles. The minimum absolute atomic E-state index is 0.0771. The maximum absolute atomic E-state index is 13.5. The molecule has 0 spiro atoms. The first kappa shape index (κ1) is 23.3. The predicted molar refractivity (Wildman–Crippen MR) is 128 cm³/mol. The van der Waals surface area contributed by atoms with Crippen LogP contribution in [0.4, 0.5) is 0 Å². The van der Waals surface area contributed by atoms with Crippen LogP contribution in [-0.2, 0) is 11.3 Å². The van der Waals surface area contributed by atoms with Crippen molar-refractivity contribution in [3.63, 3.8) is 0 Å². The number of aliphatic hydroxyl groups is 1. The molecule has 1 aromatic heterocycles. The van der Waals surface area contributed by atoms with Gasteiger partial charge in [-0.3, -0.25) is 14.3 Å². The van der Waals surface area contributed by atoms with Crippen molar-refractivity contribution in [2.75, 3.05) is 0 Å². The molecule has 4 fully saturated rings. The summed E-state index contributed by atoms with van der Waals surface area (Å²) >= 11 is 0. The molecule has 182 valence electrons. The van der Waals surface area contributed by atoms with Gasteiger partial charge in [0.1, 0.15) is 0 Å². The second-order valence-electron chi connectivity index (χ2n) is 12.7. The van der Waals surface area contributed by atoms with Crippen LogP contribution in [0, 0.1) is 40.4 Å². The third kappa shape index (κ3) is 3.73. The Bertz CT molecular complexity index is 935. The first-order valence-electron chi connectivity index (χ1n) is 13.4. The molecule has 0 aliphatic heterocycles. The minimum Gasteiger partial charge on any atom is -0.390 e. The fourth-order valence-corrected chi connectivity index (χ4v) is 9.03. The van der Waals surface area contributed by atoms with Crippen molar-refractivity contribution in [2.24, 2.45) is 40.4 Å². The quantitative estimate of drug-likeness (QED) is 0.600. The van der Waals surface area contributed by atoms with Gasteiger partial charge in [0, 0.05) is 18.5 Å². The largest absolute Gasteiger partial charge is 0.390 e. The van der Waals surface area contributed by atoms with Gasteiger partial charge in [0.15, 0.2) is 11.6 Å². The number of fused-ring (bicyclic) bond motifs is 5. The van der Waals surface area contributed by atoms with Crippen LogP contribution in [0.5, 0.6) is 0 Å². The number of ketones is 2. The number of nitrogens with zero attached hydrogens (tertiary/aromatic N) is 2. The summed E-state index contributed by atoms with van der Waals surface area (Å²) in [5, 5.41) is 15.0. The SMILES string of the molecule is CCC(=O)c1cnn(CC(=O)[C@H]2CC[C@H]3[C@@H]4CC[C@H]5C[C@](C)(O)CC[C@]5(C)[C@H]4CC[C@]23C)c1. The summed E-state index contributed by atoms with van der Waals surface area (Å²) in [6.07, 6.45) is 13.9. The van der Waals surface area contributed by atoms with E-state index in [4.69, 9.17) is 0 Å². The van der Waals surface area contributed by atoms with Gasteiger partial charge in [0.25, 0.3) is 0 Å². The van der Waals surface area contributed by atoms with Gasteiger partial charge >= 0.3 is 0 Å². The van der Waals surface area contributed by atoms with Crippen molar-refractivity contribution in [2.45, 2.75) is 104 Å². The summed E-state index contributed by atoms with van der Waals surface area (Å²) in [7, 11) is 0. The number of Topliss-reactive ketones (excluding diaryl/α,β-unsaturated/α-hetero) is 2. The Kier molecular flexibility index (Phi) is 5.66. The first-order chi connectivity index (χ1) is 15.6. The molecule has 8 atom stereocenters. The lowest BCUT2D eigenvalue weighted by Gasteiger charge is -2.61. The molecule has 4 aliphatic carbocycles. The molecule has 1 aromatic rings. The van der Waals surface area contributed by atoms with Crippen LogP contribution in [0.3, 0.4) is 0 Å². The Morgan fingerprint density at radius 1 is 1.03 bits per heavy atom. The maximum Gasteiger partial charge on any atom is 0.165 e. The summed E-state index contributed by atoms with van der Waals surface area (Å²) in [6.45, 7) is 9.09. The lowest BCUT2D eigenvalue weighted by atomic mass is 9.44. The molecular formula is C28H42N2O3. The normalized spacial score (nSPS) is 44.6. The second-order valence-corrected chi connectivity index (χ2v) is 12.7. The van der Waals surface area contributed by atoms with Gasteiger partial charge in [-0.1, -0.05) is 20.8 Å². The standard InChI is InChI=1S/C28H42N2O3/c1-5-24(31)18-15-29-30(16-18)17-25(32)23-9-8-21-20-7-6-19-14-26(2,33)12-13-27(19,3)22(20)10-11-28(21,23)4/h15-16,19-23,33H,5-14,17H2,1-4H3/t19-,20-,21-,22-,23+,26+,27-,28-/m0/s1. The van der Waals surface area contributed by atoms with Crippen LogP contribution in [0.2, 0.25) is 0 Å². The van der Waals surface area contributed by atoms with Gasteiger partial charge in [-0.25, -0.2) is 0 Å². The zero-order valence-electron chi connectivity index (χ0n) is 21.0. The highest BCUT2D eigenvalue weighted by Crippen LogP contribution is 2.68. The topological polar surface area (TPSA) is 72.2 Å². The van der Waals surface area contributed by atoms with Crippen LogP contribution in [0.25, 0.3) is 0 Å². The summed E-state index contributed by atoms with van der Waals surface area (Å²) in [4.78, 5) is 25.4. The van der Waals surface area contributed by atoms with E-state index in [1.54, 1.807) is 17.1 Å². The van der Waals surface area contributed by atoms with E-state index < -0.39 is 5.60 Å². The van der Waals surface area contributed by atoms with E-state index in [1.807, 2.05) is 13.8 Å². The van der Waals surface area contributed by atoms with Gasteiger partial charge in [-0.2, -0.15) is 5.10 Å². The zero-order valence-corrected chi connectivity index (χ0v) is 21.0. The lowest BCUT2D eigenvalue weighted by molar-refractivity contribution is -0.151. The van der Waals surface area contributed by atoms with Gasteiger partial charge in [-0.15, -0.1) is 0 Å². The Hall–Kier alpha value is -1.49. The van der Waals surface area contributed by atoms with Gasteiger partial charge in [0.2, 0.25) is 0 Å². The third-order valence-corrected chi connectivity index (χ3v) is 10.9. The van der Waals surface area contributed by atoms with Crippen LogP contribution >= 0.6 is 0 Å². The average molecular weight is 455 g/mol. The Morgan fingerprint density at radius 3 is 2.55 bits per heavy atom. The number of rotatable bonds is 5. The average Bonchev–Trinajstić information content (AvgIpc) is 3.37. The van der Waals surface area contributed by atoms with Gasteiger partial charge in [0.05, 0.1) is 23.9 Å².